The fraction of sp³-hybridized carbons (Fsp3) is 0.750. The van der Waals surface area contributed by atoms with Crippen molar-refractivity contribution >= 4 is 5.97 Å². The zero-order valence-electron chi connectivity index (χ0n) is 12.6. The topological polar surface area (TPSA) is 55.1 Å². The highest BCUT2D eigenvalue weighted by atomic mass is 16.4. The largest absolute Gasteiger partial charge is 0.481 e. The molecule has 1 fully saturated rings. The Kier molecular flexibility index (Phi) is 4.84. The number of carboxylic acid groups (broad SMARTS) is 1. The van der Waals surface area contributed by atoms with E-state index in [0.717, 1.165) is 50.6 Å². The third-order valence-corrected chi connectivity index (χ3v) is 4.74. The molecule has 1 heterocycles. The molecule has 0 aromatic carbocycles. The lowest BCUT2D eigenvalue weighted by Crippen LogP contribution is -2.33. The highest BCUT2D eigenvalue weighted by Crippen LogP contribution is 2.38. The Hall–Kier alpha value is -1.32. The second-order valence-electron chi connectivity index (χ2n) is 6.22. The first kappa shape index (κ1) is 15.1. The number of aliphatic carboxylic acids is 1. The third kappa shape index (κ3) is 3.22. The van der Waals surface area contributed by atoms with Crippen LogP contribution in [0.3, 0.4) is 0 Å². The van der Waals surface area contributed by atoms with Crippen LogP contribution in [-0.4, -0.2) is 20.9 Å². The zero-order chi connectivity index (χ0) is 14.6. The van der Waals surface area contributed by atoms with Crippen LogP contribution in [0, 0.1) is 5.41 Å². The van der Waals surface area contributed by atoms with Crippen LogP contribution in [0.5, 0.6) is 0 Å². The molecule has 0 bridgehead atoms. The van der Waals surface area contributed by atoms with Crippen molar-refractivity contribution in [3.63, 3.8) is 0 Å². The van der Waals surface area contributed by atoms with Gasteiger partial charge in [-0.1, -0.05) is 32.6 Å². The molecule has 0 saturated heterocycles. The summed E-state index contributed by atoms with van der Waals surface area (Å²) in [5.41, 5.74) is 0.333. The molecule has 0 radical (unpaired) electrons. The maximum Gasteiger partial charge on any atom is 0.310 e. The van der Waals surface area contributed by atoms with E-state index in [9.17, 15) is 9.90 Å². The van der Waals surface area contributed by atoms with Gasteiger partial charge in [0, 0.05) is 18.7 Å². The minimum absolute atomic E-state index is 0.374. The van der Waals surface area contributed by atoms with E-state index in [1.807, 2.05) is 16.9 Å². The van der Waals surface area contributed by atoms with Gasteiger partial charge < -0.3 is 5.11 Å². The molecular weight excluding hydrogens is 252 g/mol. The number of hydrogen-bond acceptors (Lipinski definition) is 2. The minimum atomic E-state index is -0.641. The summed E-state index contributed by atoms with van der Waals surface area (Å²) >= 11 is 0. The third-order valence-electron chi connectivity index (χ3n) is 4.74. The maximum atomic E-state index is 11.8. The number of aromatic nitrogens is 2. The lowest BCUT2D eigenvalue weighted by atomic mass is 9.76. The Morgan fingerprint density at radius 3 is 2.60 bits per heavy atom. The molecule has 112 valence electrons. The number of carboxylic acids is 1. The van der Waals surface area contributed by atoms with Gasteiger partial charge in [-0.2, -0.15) is 5.10 Å². The van der Waals surface area contributed by atoms with Gasteiger partial charge in [0.25, 0.3) is 0 Å². The molecule has 4 nitrogen and oxygen atoms in total. The van der Waals surface area contributed by atoms with Gasteiger partial charge >= 0.3 is 5.97 Å². The van der Waals surface area contributed by atoms with Crippen molar-refractivity contribution < 1.29 is 9.90 Å². The number of rotatable bonds is 5. The number of hydrogen-bond donors (Lipinski definition) is 1. The van der Waals surface area contributed by atoms with Gasteiger partial charge in [-0.05, 0) is 32.3 Å². The summed E-state index contributed by atoms with van der Waals surface area (Å²) in [5, 5.41) is 14.3. The molecule has 0 amide bonds. The molecule has 0 aliphatic heterocycles. The Balaban J connectivity index is 2.15. The second-order valence-corrected chi connectivity index (χ2v) is 6.22. The van der Waals surface area contributed by atoms with Crippen LogP contribution in [-0.2, 0) is 11.2 Å². The van der Waals surface area contributed by atoms with Crippen LogP contribution in [0.2, 0.25) is 0 Å². The fourth-order valence-corrected chi connectivity index (χ4v) is 3.12. The van der Waals surface area contributed by atoms with E-state index in [1.165, 1.54) is 0 Å². The van der Waals surface area contributed by atoms with E-state index in [4.69, 9.17) is 0 Å². The summed E-state index contributed by atoms with van der Waals surface area (Å²) in [5.74, 6) is -0.641. The molecule has 4 heteroatoms. The summed E-state index contributed by atoms with van der Waals surface area (Å²) in [6.07, 6.45) is 9.55. The van der Waals surface area contributed by atoms with E-state index in [2.05, 4.69) is 18.9 Å². The SMILES string of the molecule is CCC(C)n1ccc(CC2(C(=O)O)CCCCCC2)n1. The van der Waals surface area contributed by atoms with Gasteiger partial charge in [0.2, 0.25) is 0 Å². The first-order valence-corrected chi connectivity index (χ1v) is 7.85. The Morgan fingerprint density at radius 2 is 2.05 bits per heavy atom. The van der Waals surface area contributed by atoms with Crippen LogP contribution in [0.15, 0.2) is 12.3 Å². The molecule has 1 saturated carbocycles. The minimum Gasteiger partial charge on any atom is -0.481 e. The summed E-state index contributed by atoms with van der Waals surface area (Å²) in [4.78, 5) is 11.8. The van der Waals surface area contributed by atoms with Gasteiger partial charge in [-0.15, -0.1) is 0 Å². The smallest absolute Gasteiger partial charge is 0.310 e. The first-order chi connectivity index (χ1) is 9.57. The van der Waals surface area contributed by atoms with Crippen molar-refractivity contribution in [1.82, 2.24) is 9.78 Å². The zero-order valence-corrected chi connectivity index (χ0v) is 12.6. The molecule has 1 unspecified atom stereocenters. The highest BCUT2D eigenvalue weighted by molar-refractivity contribution is 5.75. The Labute approximate surface area is 121 Å². The van der Waals surface area contributed by atoms with Crippen molar-refractivity contribution in [3.8, 4) is 0 Å². The van der Waals surface area contributed by atoms with E-state index in [0.29, 0.717) is 12.5 Å². The van der Waals surface area contributed by atoms with Crippen LogP contribution >= 0.6 is 0 Å². The second kappa shape index (κ2) is 6.42. The van der Waals surface area contributed by atoms with Gasteiger partial charge in [-0.3, -0.25) is 9.48 Å². The Bertz CT molecular complexity index is 445. The van der Waals surface area contributed by atoms with E-state index in [1.54, 1.807) is 0 Å². The quantitative estimate of drug-likeness (QED) is 0.833. The summed E-state index contributed by atoms with van der Waals surface area (Å²) in [6.45, 7) is 4.27. The van der Waals surface area contributed by atoms with Gasteiger partial charge in [0.1, 0.15) is 0 Å². The summed E-state index contributed by atoms with van der Waals surface area (Å²) in [7, 11) is 0. The fourth-order valence-electron chi connectivity index (χ4n) is 3.12. The van der Waals surface area contributed by atoms with Gasteiger partial charge in [0.05, 0.1) is 11.1 Å². The van der Waals surface area contributed by atoms with Crippen LogP contribution in [0.1, 0.15) is 70.5 Å². The van der Waals surface area contributed by atoms with Gasteiger partial charge in [0.15, 0.2) is 0 Å². The molecule has 2 rings (SSSR count). The lowest BCUT2D eigenvalue weighted by molar-refractivity contribution is -0.149. The number of carbonyl (C=O) groups is 1. The van der Waals surface area contributed by atoms with Crippen molar-refractivity contribution in [2.24, 2.45) is 5.41 Å². The first-order valence-electron chi connectivity index (χ1n) is 7.85. The molecule has 1 N–H and O–H groups in total. The molecule has 1 aliphatic rings. The molecule has 0 spiro atoms. The predicted octanol–water partition coefficient (Wildman–Crippen LogP) is 3.82. The van der Waals surface area contributed by atoms with Gasteiger partial charge in [-0.25, -0.2) is 0 Å². The normalized spacial score (nSPS) is 20.3. The van der Waals surface area contributed by atoms with Crippen molar-refractivity contribution in [3.05, 3.63) is 18.0 Å². The Morgan fingerprint density at radius 1 is 1.40 bits per heavy atom. The monoisotopic (exact) mass is 278 g/mol. The van der Waals surface area contributed by atoms with E-state index >= 15 is 0 Å². The molecule has 1 atom stereocenters. The lowest BCUT2D eigenvalue weighted by Gasteiger charge is -2.27. The molecular formula is C16H26N2O2. The molecule has 1 aromatic rings. The van der Waals surface area contributed by atoms with E-state index in [-0.39, 0.29) is 0 Å². The van der Waals surface area contributed by atoms with Crippen LogP contribution in [0.25, 0.3) is 0 Å². The average Bonchev–Trinajstić information content (AvgIpc) is 2.75. The molecule has 1 aliphatic carbocycles. The summed E-state index contributed by atoms with van der Waals surface area (Å²) < 4.78 is 1.96. The standard InChI is InChI=1S/C16H26N2O2/c1-3-13(2)18-11-8-14(17-18)12-16(15(19)20)9-6-4-5-7-10-16/h8,11,13H,3-7,9-10,12H2,1-2H3,(H,19,20). The molecule has 1 aromatic heterocycles. The average molecular weight is 278 g/mol. The molecule has 20 heavy (non-hydrogen) atoms. The maximum absolute atomic E-state index is 11.8. The van der Waals surface area contributed by atoms with E-state index < -0.39 is 11.4 Å². The predicted molar refractivity (Wildman–Crippen MR) is 78.7 cm³/mol. The summed E-state index contributed by atoms with van der Waals surface area (Å²) in [6, 6.07) is 2.36. The highest BCUT2D eigenvalue weighted by Gasteiger charge is 2.39. The van der Waals surface area contributed by atoms with Crippen molar-refractivity contribution in [1.29, 1.82) is 0 Å². The van der Waals surface area contributed by atoms with Crippen molar-refractivity contribution in [2.75, 3.05) is 0 Å². The number of nitrogens with zero attached hydrogens (tertiary/aromatic N) is 2. The van der Waals surface area contributed by atoms with Crippen LogP contribution in [0.4, 0.5) is 0 Å². The van der Waals surface area contributed by atoms with Crippen molar-refractivity contribution in [2.45, 2.75) is 71.3 Å². The van der Waals surface area contributed by atoms with Crippen LogP contribution < -0.4 is 0 Å².